The molecule has 1 saturated heterocycles. The second-order valence-corrected chi connectivity index (χ2v) is 8.79. The van der Waals surface area contributed by atoms with Gasteiger partial charge in [-0.15, -0.1) is 0 Å². The molecule has 1 N–H and O–H groups in total. The number of thiocarbonyl (C=S) groups is 1. The summed E-state index contributed by atoms with van der Waals surface area (Å²) < 4.78 is 33.8. The van der Waals surface area contributed by atoms with E-state index < -0.39 is 17.6 Å². The molecule has 0 atom stereocenters. The van der Waals surface area contributed by atoms with E-state index >= 15 is 0 Å². The predicted molar refractivity (Wildman–Crippen MR) is 132 cm³/mol. The number of nitrogens with one attached hydrogen (secondary N) is 1. The first-order valence-electron chi connectivity index (χ1n) is 9.77. The van der Waals surface area contributed by atoms with Crippen LogP contribution < -0.4 is 15.0 Å². The first-order chi connectivity index (χ1) is 16.2. The van der Waals surface area contributed by atoms with Crippen LogP contribution in [0.3, 0.4) is 0 Å². The molecule has 0 radical (unpaired) electrons. The van der Waals surface area contributed by atoms with Gasteiger partial charge in [0.15, 0.2) is 10.9 Å². The number of ether oxygens (including phenoxy) is 1. The Kier molecular flexibility index (Phi) is 7.06. The highest BCUT2D eigenvalue weighted by Crippen LogP contribution is 2.36. The summed E-state index contributed by atoms with van der Waals surface area (Å²) in [5.41, 5.74) is 0.689. The minimum atomic E-state index is -0.780. The number of hydrogen-bond donors (Lipinski definition) is 1. The van der Waals surface area contributed by atoms with Crippen molar-refractivity contribution in [1.29, 1.82) is 0 Å². The van der Waals surface area contributed by atoms with Crippen LogP contribution in [-0.4, -0.2) is 16.9 Å². The zero-order chi connectivity index (χ0) is 24.4. The Hall–Kier alpha value is -3.14. The highest BCUT2D eigenvalue weighted by atomic mass is 79.9. The second-order valence-electron chi connectivity index (χ2n) is 7.14. The summed E-state index contributed by atoms with van der Waals surface area (Å²) in [6.07, 6.45) is 1.32. The summed E-state index contributed by atoms with van der Waals surface area (Å²) in [6, 6.07) is 14.7. The van der Waals surface area contributed by atoms with Gasteiger partial charge in [0.2, 0.25) is 0 Å². The maximum atomic E-state index is 14.3. The highest BCUT2D eigenvalue weighted by Gasteiger charge is 2.35. The quantitative estimate of drug-likeness (QED) is 0.243. The third-order valence-corrected chi connectivity index (χ3v) is 5.95. The fourth-order valence-corrected chi connectivity index (χ4v) is 4.52. The number of hydrogen-bond acceptors (Lipinski definition) is 4. The van der Waals surface area contributed by atoms with Crippen molar-refractivity contribution in [2.45, 2.75) is 6.61 Å². The van der Waals surface area contributed by atoms with E-state index in [0.717, 1.165) is 4.90 Å². The molecule has 4 rings (SSSR count). The summed E-state index contributed by atoms with van der Waals surface area (Å²) in [7, 11) is 0. The van der Waals surface area contributed by atoms with Crippen LogP contribution in [0.1, 0.15) is 11.1 Å². The van der Waals surface area contributed by atoms with Gasteiger partial charge in [-0.1, -0.05) is 35.9 Å². The molecule has 3 aromatic carbocycles. The van der Waals surface area contributed by atoms with Gasteiger partial charge in [-0.05, 0) is 81.7 Å². The van der Waals surface area contributed by atoms with Gasteiger partial charge in [-0.3, -0.25) is 14.9 Å². The molecule has 3 aromatic rings. The average molecular weight is 564 g/mol. The standard InChI is InChI=1S/C24H14BrClF2N2O3S/c25-17-10-14(11-18(26)21(17)33-12-13-4-3-5-15(27)8-13)9-16-22(31)29-24(34)30(23(16)32)20-7-2-1-6-19(20)28/h1-11H,12H2,(H,29,31,34)/b16-9+. The highest BCUT2D eigenvalue weighted by molar-refractivity contribution is 9.10. The Morgan fingerprint density at radius 3 is 2.56 bits per heavy atom. The zero-order valence-electron chi connectivity index (χ0n) is 17.2. The van der Waals surface area contributed by atoms with Crippen LogP contribution in [-0.2, 0) is 16.2 Å². The number of halogens is 4. The van der Waals surface area contributed by atoms with Gasteiger partial charge < -0.3 is 4.74 Å². The van der Waals surface area contributed by atoms with Gasteiger partial charge >= 0.3 is 0 Å². The minimum absolute atomic E-state index is 0.0758. The molecule has 1 fully saturated rings. The lowest BCUT2D eigenvalue weighted by molar-refractivity contribution is -0.122. The lowest BCUT2D eigenvalue weighted by atomic mass is 10.1. The van der Waals surface area contributed by atoms with Crippen LogP contribution in [0.15, 0.2) is 70.7 Å². The van der Waals surface area contributed by atoms with Gasteiger partial charge in [0, 0.05) is 0 Å². The van der Waals surface area contributed by atoms with Crippen LogP contribution in [0.4, 0.5) is 14.5 Å². The largest absolute Gasteiger partial charge is 0.486 e. The van der Waals surface area contributed by atoms with Gasteiger partial charge in [0.05, 0.1) is 15.2 Å². The molecule has 10 heteroatoms. The molecule has 34 heavy (non-hydrogen) atoms. The Morgan fingerprint density at radius 1 is 1.09 bits per heavy atom. The topological polar surface area (TPSA) is 58.6 Å². The van der Waals surface area contributed by atoms with E-state index in [-0.39, 0.29) is 33.8 Å². The van der Waals surface area contributed by atoms with Crippen LogP contribution in [0.2, 0.25) is 5.02 Å². The summed E-state index contributed by atoms with van der Waals surface area (Å²) in [5, 5.41) is 2.37. The van der Waals surface area contributed by atoms with E-state index in [0.29, 0.717) is 21.3 Å². The fourth-order valence-electron chi connectivity index (χ4n) is 3.26. The fraction of sp³-hybridized carbons (Fsp3) is 0.0417. The lowest BCUT2D eigenvalue weighted by Crippen LogP contribution is -2.54. The molecule has 1 heterocycles. The van der Waals surface area contributed by atoms with E-state index in [4.69, 9.17) is 28.6 Å². The summed E-state index contributed by atoms with van der Waals surface area (Å²) >= 11 is 14.8. The molecule has 0 unspecified atom stereocenters. The van der Waals surface area contributed by atoms with E-state index in [1.165, 1.54) is 42.5 Å². The summed E-state index contributed by atoms with van der Waals surface area (Å²) in [5.74, 6) is -2.24. The number of benzene rings is 3. The van der Waals surface area contributed by atoms with E-state index in [1.54, 1.807) is 24.3 Å². The summed E-state index contributed by atoms with van der Waals surface area (Å²) in [6.45, 7) is 0.0758. The number of amides is 2. The molecule has 0 bridgehead atoms. The lowest BCUT2D eigenvalue weighted by Gasteiger charge is -2.29. The van der Waals surface area contributed by atoms with Crippen LogP contribution in [0, 0.1) is 11.6 Å². The van der Waals surface area contributed by atoms with Gasteiger partial charge in [0.1, 0.15) is 23.8 Å². The molecule has 0 aliphatic carbocycles. The number of rotatable bonds is 5. The van der Waals surface area contributed by atoms with Crippen molar-refractivity contribution in [3.05, 3.63) is 98.5 Å². The first-order valence-corrected chi connectivity index (χ1v) is 11.3. The van der Waals surface area contributed by atoms with E-state index in [1.807, 2.05) is 0 Å². The van der Waals surface area contributed by atoms with Crippen molar-refractivity contribution in [3.8, 4) is 5.75 Å². The van der Waals surface area contributed by atoms with Crippen LogP contribution in [0.25, 0.3) is 6.08 Å². The van der Waals surface area contributed by atoms with Gasteiger partial charge in [0.25, 0.3) is 11.8 Å². The van der Waals surface area contributed by atoms with Gasteiger partial charge in [-0.25, -0.2) is 13.7 Å². The number of para-hydroxylation sites is 1. The Balaban J connectivity index is 1.62. The van der Waals surface area contributed by atoms with Crippen molar-refractivity contribution < 1.29 is 23.1 Å². The number of carbonyl (C=O) groups is 2. The minimum Gasteiger partial charge on any atom is -0.486 e. The molecule has 1 aliphatic rings. The van der Waals surface area contributed by atoms with Crippen molar-refractivity contribution in [2.75, 3.05) is 4.90 Å². The number of anilines is 1. The number of nitrogens with zero attached hydrogens (tertiary/aromatic N) is 1. The molecule has 0 aromatic heterocycles. The molecule has 2 amide bonds. The first kappa shape index (κ1) is 24.0. The Morgan fingerprint density at radius 2 is 1.85 bits per heavy atom. The molecule has 0 spiro atoms. The molecule has 0 saturated carbocycles. The molecule has 1 aliphatic heterocycles. The maximum Gasteiger partial charge on any atom is 0.270 e. The average Bonchev–Trinajstić information content (AvgIpc) is 2.77. The Bertz CT molecular complexity index is 1340. The van der Waals surface area contributed by atoms with Crippen LogP contribution >= 0.6 is 39.7 Å². The summed E-state index contributed by atoms with van der Waals surface area (Å²) in [4.78, 5) is 26.5. The Labute approximate surface area is 212 Å². The van der Waals surface area contributed by atoms with E-state index in [2.05, 4.69) is 21.2 Å². The third-order valence-electron chi connectivity index (χ3n) is 4.80. The van der Waals surface area contributed by atoms with Crippen molar-refractivity contribution >= 4 is 68.4 Å². The molecular formula is C24H14BrClF2N2O3S. The molecular weight excluding hydrogens is 550 g/mol. The van der Waals surface area contributed by atoms with Crippen molar-refractivity contribution in [2.24, 2.45) is 0 Å². The SMILES string of the molecule is O=C1NC(=S)N(c2ccccc2F)C(=O)/C1=C/c1cc(Cl)c(OCc2cccc(F)c2)c(Br)c1. The van der Waals surface area contributed by atoms with Crippen molar-refractivity contribution in [1.82, 2.24) is 5.32 Å². The molecule has 5 nitrogen and oxygen atoms in total. The smallest absolute Gasteiger partial charge is 0.270 e. The third kappa shape index (κ3) is 5.01. The van der Waals surface area contributed by atoms with Crippen molar-refractivity contribution in [3.63, 3.8) is 0 Å². The van der Waals surface area contributed by atoms with Crippen LogP contribution in [0.5, 0.6) is 5.75 Å². The van der Waals surface area contributed by atoms with E-state index in [9.17, 15) is 18.4 Å². The second kappa shape index (κ2) is 10.0. The zero-order valence-corrected chi connectivity index (χ0v) is 20.3. The maximum absolute atomic E-state index is 14.3. The number of carbonyl (C=O) groups excluding carboxylic acids is 2. The predicted octanol–water partition coefficient (Wildman–Crippen LogP) is 5.79. The monoisotopic (exact) mass is 562 g/mol. The molecule has 172 valence electrons. The normalized spacial score (nSPS) is 15.0. The van der Waals surface area contributed by atoms with Gasteiger partial charge in [-0.2, -0.15) is 0 Å².